The summed E-state index contributed by atoms with van der Waals surface area (Å²) in [4.78, 5) is 40.7. The molecule has 1 atom stereocenters. The fourth-order valence-corrected chi connectivity index (χ4v) is 4.76. The zero-order valence-corrected chi connectivity index (χ0v) is 15.7. The molecule has 2 N–H and O–H groups in total. The van der Waals surface area contributed by atoms with Crippen LogP contribution in [0.1, 0.15) is 40.7 Å². The number of carbonyl (C=O) groups is 3. The van der Waals surface area contributed by atoms with Gasteiger partial charge in [-0.3, -0.25) is 24.6 Å². The van der Waals surface area contributed by atoms with Crippen LogP contribution in [-0.2, 0) is 22.7 Å². The van der Waals surface area contributed by atoms with Crippen LogP contribution in [0.4, 0.5) is 0 Å². The minimum Gasteiger partial charge on any atom is -0.322 e. The smallest absolute Gasteiger partial charge is 0.255 e. The van der Waals surface area contributed by atoms with Crippen LogP contribution >= 0.6 is 0 Å². The molecule has 4 heterocycles. The predicted molar refractivity (Wildman–Crippen MR) is 102 cm³/mol. The number of hydrogen-bond acceptors (Lipinski definition) is 5. The van der Waals surface area contributed by atoms with E-state index in [1.165, 1.54) is 0 Å². The van der Waals surface area contributed by atoms with Gasteiger partial charge in [0.2, 0.25) is 11.8 Å². The lowest BCUT2D eigenvalue weighted by atomic mass is 9.84. The normalized spacial score (nSPS) is 26.4. The zero-order chi connectivity index (χ0) is 19.3. The van der Waals surface area contributed by atoms with Crippen molar-refractivity contribution in [1.82, 2.24) is 20.4 Å². The molecule has 0 aliphatic carbocycles. The van der Waals surface area contributed by atoms with E-state index in [9.17, 15) is 14.4 Å². The first-order valence-electron chi connectivity index (χ1n) is 9.93. The number of carbonyl (C=O) groups excluding carboxylic acids is 3. The van der Waals surface area contributed by atoms with Gasteiger partial charge < -0.3 is 10.2 Å². The molecule has 7 heteroatoms. The minimum absolute atomic E-state index is 0.107. The van der Waals surface area contributed by atoms with Crippen molar-refractivity contribution >= 4 is 17.7 Å². The number of nitrogens with zero attached hydrogens (tertiary/aromatic N) is 2. The number of hydrogen-bond donors (Lipinski definition) is 2. The number of nitrogens with one attached hydrogen (secondary N) is 2. The number of rotatable bonds is 3. The van der Waals surface area contributed by atoms with Gasteiger partial charge in [0, 0.05) is 50.2 Å². The van der Waals surface area contributed by atoms with Gasteiger partial charge in [-0.05, 0) is 30.0 Å². The van der Waals surface area contributed by atoms with Crippen molar-refractivity contribution in [3.05, 3.63) is 47.0 Å². The lowest BCUT2D eigenvalue weighted by Gasteiger charge is -2.52. The van der Waals surface area contributed by atoms with Crippen molar-refractivity contribution in [2.75, 3.05) is 19.6 Å². The first kappa shape index (κ1) is 17.6. The first-order valence-corrected chi connectivity index (χ1v) is 9.93. The van der Waals surface area contributed by atoms with Crippen molar-refractivity contribution in [3.8, 4) is 0 Å². The standard InChI is InChI=1S/C21H24N4O3/c26-18-6-5-17(19(27)23-18)25-11-15-4-3-14(9-16(15)20(25)28)10-24-8-2-1-7-21(24)12-22-13-21/h1-4,9,17,22H,5-8,10-13H2,(H,23,26,27). The molecule has 28 heavy (non-hydrogen) atoms. The molecule has 0 bridgehead atoms. The highest BCUT2D eigenvalue weighted by molar-refractivity contribution is 6.05. The van der Waals surface area contributed by atoms with Crippen LogP contribution in [0.15, 0.2) is 30.4 Å². The second-order valence-electron chi connectivity index (χ2n) is 8.28. The molecule has 0 radical (unpaired) electrons. The highest BCUT2D eigenvalue weighted by atomic mass is 16.2. The maximum Gasteiger partial charge on any atom is 0.255 e. The highest BCUT2D eigenvalue weighted by Crippen LogP contribution is 2.32. The van der Waals surface area contributed by atoms with Crippen LogP contribution in [0.25, 0.3) is 0 Å². The van der Waals surface area contributed by atoms with E-state index < -0.39 is 6.04 Å². The fourth-order valence-electron chi connectivity index (χ4n) is 4.76. The number of amides is 3. The Morgan fingerprint density at radius 3 is 2.75 bits per heavy atom. The first-order chi connectivity index (χ1) is 13.6. The minimum atomic E-state index is -0.558. The Labute approximate surface area is 163 Å². The molecule has 1 aromatic rings. The van der Waals surface area contributed by atoms with E-state index in [0.717, 1.165) is 43.7 Å². The van der Waals surface area contributed by atoms with E-state index in [1.807, 2.05) is 12.1 Å². The van der Waals surface area contributed by atoms with E-state index in [-0.39, 0.29) is 29.7 Å². The molecule has 2 fully saturated rings. The third-order valence-electron chi connectivity index (χ3n) is 6.54. The van der Waals surface area contributed by atoms with Crippen LogP contribution in [0.3, 0.4) is 0 Å². The van der Waals surface area contributed by atoms with Crippen molar-refractivity contribution in [2.24, 2.45) is 0 Å². The zero-order valence-electron chi connectivity index (χ0n) is 15.7. The van der Waals surface area contributed by atoms with E-state index in [2.05, 4.69) is 33.8 Å². The lowest BCUT2D eigenvalue weighted by molar-refractivity contribution is -0.136. The summed E-state index contributed by atoms with van der Waals surface area (Å²) in [5.41, 5.74) is 2.97. The van der Waals surface area contributed by atoms with Gasteiger partial charge in [-0.25, -0.2) is 0 Å². The Morgan fingerprint density at radius 2 is 2.00 bits per heavy atom. The predicted octanol–water partition coefficient (Wildman–Crippen LogP) is 0.552. The molecule has 1 spiro atoms. The van der Waals surface area contributed by atoms with Gasteiger partial charge in [-0.15, -0.1) is 0 Å². The topological polar surface area (TPSA) is 81.8 Å². The summed E-state index contributed by atoms with van der Waals surface area (Å²) in [6, 6.07) is 5.54. The molecule has 2 saturated heterocycles. The summed E-state index contributed by atoms with van der Waals surface area (Å²) in [5, 5.41) is 5.74. The quantitative estimate of drug-likeness (QED) is 0.591. The third kappa shape index (κ3) is 2.77. The van der Waals surface area contributed by atoms with E-state index >= 15 is 0 Å². The summed E-state index contributed by atoms with van der Waals surface area (Å²) in [7, 11) is 0. The molecule has 7 nitrogen and oxygen atoms in total. The molecule has 0 aromatic heterocycles. The second kappa shape index (κ2) is 6.53. The van der Waals surface area contributed by atoms with Gasteiger partial charge in [-0.2, -0.15) is 0 Å². The lowest BCUT2D eigenvalue weighted by Crippen LogP contribution is -2.69. The van der Waals surface area contributed by atoms with Crippen LogP contribution in [-0.4, -0.2) is 58.7 Å². The van der Waals surface area contributed by atoms with E-state index in [0.29, 0.717) is 18.5 Å². The van der Waals surface area contributed by atoms with Crippen molar-refractivity contribution in [3.63, 3.8) is 0 Å². The summed E-state index contributed by atoms with van der Waals surface area (Å²) >= 11 is 0. The molecule has 4 aliphatic heterocycles. The Hall–Kier alpha value is -2.51. The number of imide groups is 1. The molecule has 1 aromatic carbocycles. The van der Waals surface area contributed by atoms with E-state index in [4.69, 9.17) is 0 Å². The molecular formula is C21H24N4O3. The summed E-state index contributed by atoms with van der Waals surface area (Å²) in [5.74, 6) is -0.732. The Morgan fingerprint density at radius 1 is 1.14 bits per heavy atom. The van der Waals surface area contributed by atoms with Gasteiger partial charge in [0.1, 0.15) is 6.04 Å². The number of benzene rings is 1. The molecule has 0 saturated carbocycles. The van der Waals surface area contributed by atoms with Gasteiger partial charge in [0.25, 0.3) is 5.91 Å². The molecule has 3 amide bonds. The van der Waals surface area contributed by atoms with Crippen LogP contribution < -0.4 is 10.6 Å². The largest absolute Gasteiger partial charge is 0.322 e. The SMILES string of the molecule is O=C1CCC(N2Cc3ccc(CN4CC=CCC45CNC5)cc3C2=O)C(=O)N1. The van der Waals surface area contributed by atoms with Crippen LogP contribution in [0.2, 0.25) is 0 Å². The summed E-state index contributed by atoms with van der Waals surface area (Å²) in [6.45, 7) is 4.18. The maximum absolute atomic E-state index is 13.0. The van der Waals surface area contributed by atoms with E-state index in [1.54, 1.807) is 4.90 Å². The van der Waals surface area contributed by atoms with Gasteiger partial charge in [0.05, 0.1) is 0 Å². The monoisotopic (exact) mass is 380 g/mol. The fraction of sp³-hybridized carbons (Fsp3) is 0.476. The number of fused-ring (bicyclic) bond motifs is 1. The average molecular weight is 380 g/mol. The maximum atomic E-state index is 13.0. The van der Waals surface area contributed by atoms with Gasteiger partial charge in [-0.1, -0.05) is 24.3 Å². The van der Waals surface area contributed by atoms with Gasteiger partial charge >= 0.3 is 0 Å². The Kier molecular flexibility index (Phi) is 4.10. The molecule has 4 aliphatic rings. The van der Waals surface area contributed by atoms with Gasteiger partial charge in [0.15, 0.2) is 0 Å². The summed E-state index contributed by atoms with van der Waals surface area (Å²) in [6.07, 6.45) is 6.22. The highest BCUT2D eigenvalue weighted by Gasteiger charge is 2.43. The van der Waals surface area contributed by atoms with Crippen molar-refractivity contribution in [2.45, 2.75) is 43.9 Å². The third-order valence-corrected chi connectivity index (χ3v) is 6.54. The summed E-state index contributed by atoms with van der Waals surface area (Å²) < 4.78 is 0. The number of piperidine rings is 1. The molecule has 146 valence electrons. The van der Waals surface area contributed by atoms with Crippen LogP contribution in [0.5, 0.6) is 0 Å². The average Bonchev–Trinajstić information content (AvgIpc) is 2.97. The van der Waals surface area contributed by atoms with Crippen molar-refractivity contribution < 1.29 is 14.4 Å². The Balaban J connectivity index is 1.34. The Bertz CT molecular complexity index is 890. The van der Waals surface area contributed by atoms with Crippen molar-refractivity contribution in [1.29, 1.82) is 0 Å². The molecule has 5 rings (SSSR count). The van der Waals surface area contributed by atoms with Crippen LogP contribution in [0, 0.1) is 0 Å². The molecule has 1 unspecified atom stereocenters. The molecular weight excluding hydrogens is 356 g/mol. The second-order valence-corrected chi connectivity index (χ2v) is 8.28.